The van der Waals surface area contributed by atoms with Gasteiger partial charge in [-0.05, 0) is 78.0 Å². The number of ether oxygens (including phenoxy) is 1. The molecule has 0 saturated heterocycles. The quantitative estimate of drug-likeness (QED) is 0.0590. The second-order valence-corrected chi connectivity index (χ2v) is 8.36. The Morgan fingerprint density at radius 1 is 1.05 bits per heavy atom. The largest absolute Gasteiger partial charge is 0.462 e. The van der Waals surface area contributed by atoms with Crippen LogP contribution in [0.3, 0.4) is 0 Å². The number of hydrogen-bond acceptors (Lipinski definition) is 9. The molecule has 0 bridgehead atoms. The van der Waals surface area contributed by atoms with Gasteiger partial charge in [0.2, 0.25) is 11.4 Å². The van der Waals surface area contributed by atoms with Crippen molar-refractivity contribution in [1.82, 2.24) is 10.3 Å². The lowest BCUT2D eigenvalue weighted by Gasteiger charge is -2.06. The van der Waals surface area contributed by atoms with E-state index in [9.17, 15) is 24.5 Å². The Morgan fingerprint density at radius 3 is 2.50 bits per heavy atom. The number of aromatic nitrogens is 2. The van der Waals surface area contributed by atoms with E-state index in [0.717, 1.165) is 42.9 Å². The van der Waals surface area contributed by atoms with E-state index in [1.165, 1.54) is 12.1 Å². The van der Waals surface area contributed by atoms with Crippen LogP contribution < -0.4 is 5.32 Å². The molecule has 0 aliphatic rings. The molecule has 38 heavy (non-hydrogen) atoms. The zero-order chi connectivity index (χ0) is 27.3. The lowest BCUT2D eigenvalue weighted by Crippen LogP contribution is -2.10. The standard InChI is InChI=1S/C27H28N4O7/c1-2-37-27(34)21(17-18-32)12-9-19-10-14-22(15-11-19)28-24(33)8-6-4-3-5-7-20-13-16-23(31(35)36)26-25(20)29-38-30-26/h9-18H,2-8H2,1H3,(H,28,33)/b12-9+,21-17+. The number of anilines is 1. The van der Waals surface area contributed by atoms with Crippen molar-refractivity contribution in [3.05, 3.63) is 75.4 Å². The lowest BCUT2D eigenvalue weighted by atomic mass is 10.0. The molecular weight excluding hydrogens is 492 g/mol. The number of hydrogen-bond donors (Lipinski definition) is 1. The van der Waals surface area contributed by atoms with Crippen LogP contribution in [0.1, 0.15) is 50.2 Å². The molecular formula is C27H28N4O7. The van der Waals surface area contributed by atoms with E-state index in [1.54, 1.807) is 43.3 Å². The molecule has 1 heterocycles. The molecule has 0 unspecified atom stereocenters. The smallest absolute Gasteiger partial charge is 0.338 e. The minimum atomic E-state index is -0.573. The van der Waals surface area contributed by atoms with E-state index in [-0.39, 0.29) is 29.3 Å². The van der Waals surface area contributed by atoms with Crippen molar-refractivity contribution in [2.75, 3.05) is 11.9 Å². The number of nitro benzene ring substituents is 1. The molecule has 2 aromatic carbocycles. The van der Waals surface area contributed by atoms with Crippen LogP contribution in [0, 0.1) is 10.1 Å². The van der Waals surface area contributed by atoms with Gasteiger partial charge in [0.1, 0.15) is 11.8 Å². The molecule has 0 atom stereocenters. The van der Waals surface area contributed by atoms with E-state index in [1.807, 2.05) is 0 Å². The number of nitro groups is 1. The minimum absolute atomic E-state index is 0.0856. The molecule has 0 fully saturated rings. The number of rotatable bonds is 14. The molecule has 11 heteroatoms. The van der Waals surface area contributed by atoms with Crippen molar-refractivity contribution in [3.63, 3.8) is 0 Å². The van der Waals surface area contributed by atoms with Crippen molar-refractivity contribution in [3.8, 4) is 0 Å². The van der Waals surface area contributed by atoms with Crippen molar-refractivity contribution in [1.29, 1.82) is 0 Å². The van der Waals surface area contributed by atoms with Gasteiger partial charge in [0.05, 0.1) is 17.1 Å². The number of non-ortho nitro benzene ring substituents is 1. The van der Waals surface area contributed by atoms with Gasteiger partial charge >= 0.3 is 11.7 Å². The normalized spacial score (nSPS) is 11.6. The summed E-state index contributed by atoms with van der Waals surface area (Å²) in [5.74, 6) is -0.659. The maximum absolute atomic E-state index is 12.3. The summed E-state index contributed by atoms with van der Waals surface area (Å²) in [5.41, 5.74) is 2.88. The van der Waals surface area contributed by atoms with Crippen molar-refractivity contribution >= 4 is 46.6 Å². The predicted molar refractivity (Wildman–Crippen MR) is 140 cm³/mol. The van der Waals surface area contributed by atoms with Crippen LogP contribution in [0.4, 0.5) is 11.4 Å². The van der Waals surface area contributed by atoms with Crippen molar-refractivity contribution in [2.24, 2.45) is 0 Å². The first-order valence-corrected chi connectivity index (χ1v) is 12.2. The van der Waals surface area contributed by atoms with Gasteiger partial charge in [0, 0.05) is 18.2 Å². The Labute approximate surface area is 218 Å². The SMILES string of the molecule is CCOC(=O)C(/C=C/c1ccc(NC(=O)CCCCCCc2ccc([N+](=O)[O-])c3nonc23)cc1)=C/C=O. The van der Waals surface area contributed by atoms with Gasteiger partial charge in [0.25, 0.3) is 0 Å². The molecule has 3 rings (SSSR count). The average molecular weight is 521 g/mol. The number of benzene rings is 2. The van der Waals surface area contributed by atoms with Gasteiger partial charge < -0.3 is 10.1 Å². The third-order valence-corrected chi connectivity index (χ3v) is 5.68. The van der Waals surface area contributed by atoms with Gasteiger partial charge in [-0.1, -0.05) is 31.1 Å². The summed E-state index contributed by atoms with van der Waals surface area (Å²) in [7, 11) is 0. The number of amides is 1. The summed E-state index contributed by atoms with van der Waals surface area (Å²) < 4.78 is 9.60. The number of esters is 1. The van der Waals surface area contributed by atoms with E-state index in [2.05, 4.69) is 20.3 Å². The fourth-order valence-corrected chi connectivity index (χ4v) is 3.77. The molecule has 0 radical (unpaired) electrons. The monoisotopic (exact) mass is 520 g/mol. The third-order valence-electron chi connectivity index (χ3n) is 5.68. The zero-order valence-corrected chi connectivity index (χ0v) is 20.9. The number of nitrogens with zero attached hydrogens (tertiary/aromatic N) is 3. The zero-order valence-electron chi connectivity index (χ0n) is 20.9. The Hall–Kier alpha value is -4.67. The lowest BCUT2D eigenvalue weighted by molar-refractivity contribution is -0.383. The van der Waals surface area contributed by atoms with Gasteiger partial charge in [0.15, 0.2) is 0 Å². The summed E-state index contributed by atoms with van der Waals surface area (Å²) in [6.45, 7) is 1.90. The first-order chi connectivity index (χ1) is 18.4. The molecule has 11 nitrogen and oxygen atoms in total. The summed E-state index contributed by atoms with van der Waals surface area (Å²) in [6, 6.07) is 10.2. The number of unbranched alkanes of at least 4 members (excludes halogenated alkanes) is 3. The molecule has 0 saturated carbocycles. The molecule has 3 aromatic rings. The van der Waals surface area contributed by atoms with E-state index in [4.69, 9.17) is 4.74 Å². The summed E-state index contributed by atoms with van der Waals surface area (Å²) in [4.78, 5) is 45.4. The summed E-state index contributed by atoms with van der Waals surface area (Å²) in [5, 5.41) is 21.4. The van der Waals surface area contributed by atoms with E-state index in [0.29, 0.717) is 30.3 Å². The predicted octanol–water partition coefficient (Wildman–Crippen LogP) is 4.96. The molecule has 0 aliphatic carbocycles. The van der Waals surface area contributed by atoms with Crippen LogP contribution in [0.2, 0.25) is 0 Å². The van der Waals surface area contributed by atoms with Gasteiger partial charge in [-0.15, -0.1) is 0 Å². The number of aryl methyl sites for hydroxylation is 1. The van der Waals surface area contributed by atoms with Crippen LogP contribution >= 0.6 is 0 Å². The average Bonchev–Trinajstić information content (AvgIpc) is 3.39. The topological polar surface area (TPSA) is 155 Å². The van der Waals surface area contributed by atoms with Crippen LogP contribution in [-0.2, 0) is 25.5 Å². The highest BCUT2D eigenvalue weighted by Crippen LogP contribution is 2.26. The Morgan fingerprint density at radius 2 is 1.79 bits per heavy atom. The van der Waals surface area contributed by atoms with Crippen molar-refractivity contribution in [2.45, 2.75) is 45.4 Å². The van der Waals surface area contributed by atoms with Gasteiger partial charge in [-0.2, -0.15) is 0 Å². The number of nitrogens with one attached hydrogen (secondary N) is 1. The summed E-state index contributed by atoms with van der Waals surface area (Å²) >= 11 is 0. The second-order valence-electron chi connectivity index (χ2n) is 8.36. The maximum atomic E-state index is 12.3. The highest BCUT2D eigenvalue weighted by atomic mass is 16.6. The molecule has 0 spiro atoms. The Balaban J connectivity index is 1.39. The van der Waals surface area contributed by atoms with Crippen LogP contribution in [0.15, 0.2) is 58.8 Å². The van der Waals surface area contributed by atoms with Crippen LogP contribution in [0.25, 0.3) is 17.1 Å². The maximum Gasteiger partial charge on any atom is 0.338 e. The number of allylic oxidation sites excluding steroid dienone is 1. The van der Waals surface area contributed by atoms with Crippen LogP contribution in [-0.4, -0.2) is 40.0 Å². The van der Waals surface area contributed by atoms with Crippen LogP contribution in [0.5, 0.6) is 0 Å². The first-order valence-electron chi connectivity index (χ1n) is 12.2. The second kappa shape index (κ2) is 14.2. The minimum Gasteiger partial charge on any atom is -0.462 e. The van der Waals surface area contributed by atoms with E-state index < -0.39 is 10.9 Å². The molecule has 198 valence electrons. The molecule has 0 aliphatic heterocycles. The Bertz CT molecular complexity index is 1340. The Kier molecular flexibility index (Phi) is 10.4. The summed E-state index contributed by atoms with van der Waals surface area (Å²) in [6.07, 6.45) is 9.26. The highest BCUT2D eigenvalue weighted by molar-refractivity contribution is 5.96. The first kappa shape index (κ1) is 27.9. The molecule has 1 aromatic heterocycles. The molecule has 1 amide bonds. The number of carbonyl (C=O) groups excluding carboxylic acids is 3. The van der Waals surface area contributed by atoms with Crippen molar-refractivity contribution < 1.29 is 28.7 Å². The van der Waals surface area contributed by atoms with Gasteiger partial charge in [-0.25, -0.2) is 9.42 Å². The number of carbonyl (C=O) groups is 3. The highest BCUT2D eigenvalue weighted by Gasteiger charge is 2.19. The third kappa shape index (κ3) is 7.92. The van der Waals surface area contributed by atoms with E-state index >= 15 is 0 Å². The fraction of sp³-hybridized carbons (Fsp3) is 0.296. The fourth-order valence-electron chi connectivity index (χ4n) is 3.77. The number of aldehydes is 1. The molecule has 1 N–H and O–H groups in total. The number of fused-ring (bicyclic) bond motifs is 1. The van der Waals surface area contributed by atoms with Gasteiger partial charge in [-0.3, -0.25) is 19.7 Å².